The Balaban J connectivity index is 2.56. The van der Waals surface area contributed by atoms with Crippen LogP contribution >= 0.6 is 0 Å². The van der Waals surface area contributed by atoms with E-state index < -0.39 is 11.6 Å². The summed E-state index contributed by atoms with van der Waals surface area (Å²) < 4.78 is 32.8. The van der Waals surface area contributed by atoms with E-state index in [0.717, 1.165) is 24.6 Å². The third kappa shape index (κ3) is 2.95. The largest absolute Gasteiger partial charge is 0.459 e. The minimum Gasteiger partial charge on any atom is -0.459 e. The maximum absolute atomic E-state index is 14.0. The molecule has 2 nitrogen and oxygen atoms in total. The summed E-state index contributed by atoms with van der Waals surface area (Å²) in [6.07, 6.45) is 0.719. The lowest BCUT2D eigenvalue weighted by molar-refractivity contribution is 0.504. The van der Waals surface area contributed by atoms with Crippen molar-refractivity contribution < 1.29 is 13.2 Å². The molecule has 1 N–H and O–H groups in total. The zero-order chi connectivity index (χ0) is 14.0. The second-order valence-electron chi connectivity index (χ2n) is 5.14. The van der Waals surface area contributed by atoms with Gasteiger partial charge in [-0.3, -0.25) is 0 Å². The molecule has 1 aromatic heterocycles. The maximum atomic E-state index is 14.0. The van der Waals surface area contributed by atoms with Crippen LogP contribution in [-0.2, 0) is 13.0 Å². The first-order valence-corrected chi connectivity index (χ1v) is 6.63. The Morgan fingerprint density at radius 3 is 2.63 bits per heavy atom. The Labute approximate surface area is 111 Å². The molecular weight excluding hydrogens is 248 g/mol. The van der Waals surface area contributed by atoms with E-state index in [2.05, 4.69) is 19.2 Å². The maximum Gasteiger partial charge on any atom is 0.140 e. The summed E-state index contributed by atoms with van der Waals surface area (Å²) >= 11 is 0. The molecule has 4 heteroatoms. The van der Waals surface area contributed by atoms with Gasteiger partial charge in [0.25, 0.3) is 0 Å². The summed E-state index contributed by atoms with van der Waals surface area (Å²) in [5, 5.41) is 3.58. The van der Waals surface area contributed by atoms with Gasteiger partial charge >= 0.3 is 0 Å². The molecule has 0 amide bonds. The van der Waals surface area contributed by atoms with Crippen LogP contribution in [0.4, 0.5) is 8.78 Å². The first-order chi connectivity index (χ1) is 9.02. The molecular formula is C15H19F2NO. The molecule has 1 heterocycles. The lowest BCUT2D eigenvalue weighted by Gasteiger charge is -2.06. The highest BCUT2D eigenvalue weighted by Crippen LogP contribution is 2.31. The predicted molar refractivity (Wildman–Crippen MR) is 72.1 cm³/mol. The van der Waals surface area contributed by atoms with E-state index in [9.17, 15) is 8.78 Å². The molecule has 0 aliphatic heterocycles. The molecule has 104 valence electrons. The van der Waals surface area contributed by atoms with Crippen LogP contribution in [0, 0.1) is 17.6 Å². The number of fused-ring (bicyclic) bond motifs is 1. The average molecular weight is 267 g/mol. The van der Waals surface area contributed by atoms with Gasteiger partial charge in [0.05, 0.1) is 11.9 Å². The van der Waals surface area contributed by atoms with Gasteiger partial charge in [0.15, 0.2) is 0 Å². The molecule has 2 aromatic rings. The van der Waals surface area contributed by atoms with Crippen molar-refractivity contribution in [3.05, 3.63) is 35.1 Å². The van der Waals surface area contributed by atoms with Crippen LogP contribution in [0.25, 0.3) is 11.0 Å². The van der Waals surface area contributed by atoms with E-state index in [-0.39, 0.29) is 0 Å². The smallest absolute Gasteiger partial charge is 0.140 e. The molecule has 0 radical (unpaired) electrons. The number of furan rings is 1. The van der Waals surface area contributed by atoms with Crippen molar-refractivity contribution >= 4 is 11.0 Å². The fourth-order valence-corrected chi connectivity index (χ4v) is 2.26. The molecule has 0 saturated heterocycles. The van der Waals surface area contributed by atoms with Gasteiger partial charge in [-0.15, -0.1) is 0 Å². The summed E-state index contributed by atoms with van der Waals surface area (Å²) in [6, 6.07) is 2.16. The SMILES string of the molecule is CCNCc1oc2cc(F)cc(F)c2c1CC(C)C. The van der Waals surface area contributed by atoms with E-state index in [1.165, 1.54) is 6.07 Å². The third-order valence-corrected chi connectivity index (χ3v) is 3.04. The number of benzene rings is 1. The summed E-state index contributed by atoms with van der Waals surface area (Å²) in [5.41, 5.74) is 1.14. The van der Waals surface area contributed by atoms with Crippen molar-refractivity contribution in [2.45, 2.75) is 33.7 Å². The molecule has 0 saturated carbocycles. The first kappa shape index (κ1) is 14.0. The summed E-state index contributed by atoms with van der Waals surface area (Å²) in [5.74, 6) is -0.0670. The quantitative estimate of drug-likeness (QED) is 0.885. The molecule has 1 aromatic carbocycles. The molecule has 0 bridgehead atoms. The summed E-state index contributed by atoms with van der Waals surface area (Å²) in [4.78, 5) is 0. The van der Waals surface area contributed by atoms with Crippen molar-refractivity contribution in [2.75, 3.05) is 6.54 Å². The van der Waals surface area contributed by atoms with Gasteiger partial charge in [0.2, 0.25) is 0 Å². The average Bonchev–Trinajstić information content (AvgIpc) is 2.63. The highest BCUT2D eigenvalue weighted by atomic mass is 19.1. The van der Waals surface area contributed by atoms with Crippen LogP contribution in [0.3, 0.4) is 0 Å². The third-order valence-electron chi connectivity index (χ3n) is 3.04. The molecule has 0 unspecified atom stereocenters. The lowest BCUT2D eigenvalue weighted by Crippen LogP contribution is -2.12. The number of hydrogen-bond donors (Lipinski definition) is 1. The van der Waals surface area contributed by atoms with Crippen LogP contribution in [0.1, 0.15) is 32.1 Å². The monoisotopic (exact) mass is 267 g/mol. The lowest BCUT2D eigenvalue weighted by atomic mass is 9.99. The highest BCUT2D eigenvalue weighted by molar-refractivity contribution is 5.83. The number of hydrogen-bond acceptors (Lipinski definition) is 2. The van der Waals surface area contributed by atoms with Gasteiger partial charge in [0.1, 0.15) is 23.0 Å². The fraction of sp³-hybridized carbons (Fsp3) is 0.467. The topological polar surface area (TPSA) is 25.2 Å². The number of nitrogens with one attached hydrogen (secondary N) is 1. The van der Waals surface area contributed by atoms with Crippen molar-refractivity contribution in [1.29, 1.82) is 0 Å². The van der Waals surface area contributed by atoms with Crippen molar-refractivity contribution in [3.8, 4) is 0 Å². The minimum atomic E-state index is -0.607. The number of rotatable bonds is 5. The standard InChI is InChI=1S/C15H19F2NO/c1-4-18-8-14-11(5-9(2)3)15-12(17)6-10(16)7-13(15)19-14/h6-7,9,18H,4-5,8H2,1-3H3. The van der Waals surface area contributed by atoms with Crippen LogP contribution in [0.2, 0.25) is 0 Å². The zero-order valence-electron chi connectivity index (χ0n) is 11.5. The Bertz CT molecular complexity index is 575. The normalized spacial score (nSPS) is 11.7. The second-order valence-corrected chi connectivity index (χ2v) is 5.14. The van der Waals surface area contributed by atoms with Gasteiger partial charge < -0.3 is 9.73 Å². The van der Waals surface area contributed by atoms with Crippen molar-refractivity contribution in [1.82, 2.24) is 5.32 Å². The van der Waals surface area contributed by atoms with Crippen molar-refractivity contribution in [2.24, 2.45) is 5.92 Å². The number of halogens is 2. The van der Waals surface area contributed by atoms with Crippen LogP contribution in [-0.4, -0.2) is 6.54 Å². The van der Waals surface area contributed by atoms with E-state index in [1.54, 1.807) is 0 Å². The van der Waals surface area contributed by atoms with E-state index >= 15 is 0 Å². The highest BCUT2D eigenvalue weighted by Gasteiger charge is 2.19. The van der Waals surface area contributed by atoms with Gasteiger partial charge in [-0.25, -0.2) is 8.78 Å². The van der Waals surface area contributed by atoms with Crippen LogP contribution in [0.5, 0.6) is 0 Å². The molecule has 0 fully saturated rings. The van der Waals surface area contributed by atoms with Gasteiger partial charge in [-0.1, -0.05) is 20.8 Å². The van der Waals surface area contributed by atoms with Gasteiger partial charge in [-0.2, -0.15) is 0 Å². The van der Waals surface area contributed by atoms with Crippen LogP contribution < -0.4 is 5.32 Å². The first-order valence-electron chi connectivity index (χ1n) is 6.63. The van der Waals surface area contributed by atoms with Crippen LogP contribution in [0.15, 0.2) is 16.5 Å². The van der Waals surface area contributed by atoms with E-state index in [1.807, 2.05) is 6.92 Å². The van der Waals surface area contributed by atoms with Crippen molar-refractivity contribution in [3.63, 3.8) is 0 Å². The molecule has 0 aliphatic carbocycles. The summed E-state index contributed by atoms with van der Waals surface area (Å²) in [6.45, 7) is 7.46. The Morgan fingerprint density at radius 2 is 2.00 bits per heavy atom. The predicted octanol–water partition coefficient (Wildman–Crippen LogP) is 4.02. The minimum absolute atomic E-state index is 0.293. The summed E-state index contributed by atoms with van der Waals surface area (Å²) in [7, 11) is 0. The Morgan fingerprint density at radius 1 is 1.26 bits per heavy atom. The molecule has 19 heavy (non-hydrogen) atoms. The van der Waals surface area contributed by atoms with E-state index in [0.29, 0.717) is 29.2 Å². The molecule has 0 atom stereocenters. The van der Waals surface area contributed by atoms with Gasteiger partial charge in [-0.05, 0) is 18.9 Å². The van der Waals surface area contributed by atoms with E-state index in [4.69, 9.17) is 4.42 Å². The van der Waals surface area contributed by atoms with Gasteiger partial charge in [0, 0.05) is 17.7 Å². The fourth-order valence-electron chi connectivity index (χ4n) is 2.26. The Kier molecular flexibility index (Phi) is 4.20. The Hall–Kier alpha value is -1.42. The molecule has 0 spiro atoms. The zero-order valence-corrected chi connectivity index (χ0v) is 11.5. The second kappa shape index (κ2) is 5.70. The molecule has 2 rings (SSSR count). The molecule has 0 aliphatic rings.